The van der Waals surface area contributed by atoms with Crippen LogP contribution in [0.25, 0.3) is 0 Å². The number of amides is 1. The minimum Gasteiger partial charge on any atom is -0.481 e. The van der Waals surface area contributed by atoms with Crippen molar-refractivity contribution in [2.75, 3.05) is 0 Å². The molecule has 21 heavy (non-hydrogen) atoms. The number of nitrogens with one attached hydrogen (secondary N) is 1. The molecule has 2 bridgehead atoms. The largest absolute Gasteiger partial charge is 0.481 e. The molecule has 5 heteroatoms. The Hall–Kier alpha value is -1.91. The van der Waals surface area contributed by atoms with Gasteiger partial charge in [-0.25, -0.2) is 0 Å². The van der Waals surface area contributed by atoms with Gasteiger partial charge < -0.3 is 10.4 Å². The third kappa shape index (κ3) is 2.41. The Morgan fingerprint density at radius 3 is 2.62 bits per heavy atom. The Kier molecular flexibility index (Phi) is 3.43. The Morgan fingerprint density at radius 1 is 1.24 bits per heavy atom. The molecule has 0 spiro atoms. The van der Waals surface area contributed by atoms with Gasteiger partial charge in [-0.15, -0.1) is 0 Å². The lowest BCUT2D eigenvalue weighted by molar-refractivity contribution is -0.144. The fraction of sp³-hybridized carbons (Fsp3) is 0.562. The Morgan fingerprint density at radius 2 is 1.95 bits per heavy atom. The van der Waals surface area contributed by atoms with Crippen molar-refractivity contribution in [2.45, 2.75) is 39.2 Å². The number of aromatic nitrogens is 1. The summed E-state index contributed by atoms with van der Waals surface area (Å²) in [5, 5.41) is 12.4. The van der Waals surface area contributed by atoms with Crippen LogP contribution in [0.3, 0.4) is 0 Å². The maximum Gasteiger partial charge on any atom is 0.308 e. The van der Waals surface area contributed by atoms with E-state index in [4.69, 9.17) is 0 Å². The van der Waals surface area contributed by atoms with E-state index in [0.717, 1.165) is 25.0 Å². The lowest BCUT2D eigenvalue weighted by Crippen LogP contribution is -2.47. The smallest absolute Gasteiger partial charge is 0.308 e. The topological polar surface area (TPSA) is 79.3 Å². The number of hydrogen-bond donors (Lipinski definition) is 2. The van der Waals surface area contributed by atoms with Gasteiger partial charge in [0.25, 0.3) is 5.91 Å². The highest BCUT2D eigenvalue weighted by molar-refractivity contribution is 5.95. The van der Waals surface area contributed by atoms with Crippen LogP contribution in [-0.4, -0.2) is 28.0 Å². The van der Waals surface area contributed by atoms with Gasteiger partial charge in [-0.2, -0.15) is 0 Å². The predicted octanol–water partition coefficient (Wildman–Crippen LogP) is 1.93. The summed E-state index contributed by atoms with van der Waals surface area (Å²) < 4.78 is 0. The molecule has 5 nitrogen and oxygen atoms in total. The van der Waals surface area contributed by atoms with Crippen LogP contribution in [-0.2, 0) is 4.79 Å². The first-order valence-electron chi connectivity index (χ1n) is 7.45. The SMILES string of the molecule is Cc1ccc(C(=O)NC2C3CCC(C3)C2C(=O)O)c(C)n1. The molecule has 3 rings (SSSR count). The third-order valence-corrected chi connectivity index (χ3v) is 4.97. The van der Waals surface area contributed by atoms with Crippen LogP contribution in [0.1, 0.15) is 41.0 Å². The standard InChI is InChI=1S/C16H20N2O3/c1-8-3-6-12(9(2)17-8)15(19)18-14-11-5-4-10(7-11)13(14)16(20)21/h3,6,10-11,13-14H,4-5,7H2,1-2H3,(H,18,19)(H,20,21). The molecule has 2 aliphatic carbocycles. The van der Waals surface area contributed by atoms with Crippen molar-refractivity contribution in [3.8, 4) is 0 Å². The maximum absolute atomic E-state index is 12.4. The molecule has 1 heterocycles. The lowest BCUT2D eigenvalue weighted by Gasteiger charge is -2.29. The third-order valence-electron chi connectivity index (χ3n) is 4.97. The average molecular weight is 288 g/mol. The van der Waals surface area contributed by atoms with Crippen LogP contribution in [0.15, 0.2) is 12.1 Å². The van der Waals surface area contributed by atoms with E-state index in [1.807, 2.05) is 6.92 Å². The molecule has 2 fully saturated rings. The number of rotatable bonds is 3. The predicted molar refractivity (Wildman–Crippen MR) is 76.9 cm³/mol. The monoisotopic (exact) mass is 288 g/mol. The van der Waals surface area contributed by atoms with Gasteiger partial charge in [0.05, 0.1) is 17.2 Å². The molecule has 4 atom stereocenters. The summed E-state index contributed by atoms with van der Waals surface area (Å²) in [6.07, 6.45) is 2.91. The molecule has 0 saturated heterocycles. The highest BCUT2D eigenvalue weighted by Gasteiger charge is 2.51. The summed E-state index contributed by atoms with van der Waals surface area (Å²) in [6, 6.07) is 3.32. The van der Waals surface area contributed by atoms with E-state index in [2.05, 4.69) is 10.3 Å². The van der Waals surface area contributed by atoms with Crippen LogP contribution in [0.2, 0.25) is 0 Å². The molecule has 1 aromatic heterocycles. The fourth-order valence-corrected chi connectivity index (χ4v) is 4.01. The van der Waals surface area contributed by atoms with Crippen molar-refractivity contribution in [3.63, 3.8) is 0 Å². The number of fused-ring (bicyclic) bond motifs is 2. The van der Waals surface area contributed by atoms with E-state index in [1.54, 1.807) is 19.1 Å². The molecular formula is C16H20N2O3. The van der Waals surface area contributed by atoms with E-state index in [9.17, 15) is 14.7 Å². The number of nitrogens with zero attached hydrogens (tertiary/aromatic N) is 1. The Balaban J connectivity index is 1.79. The Bertz CT molecular complexity index is 599. The summed E-state index contributed by atoms with van der Waals surface area (Å²) >= 11 is 0. The molecule has 2 aliphatic rings. The molecule has 4 unspecified atom stereocenters. The number of carbonyl (C=O) groups excluding carboxylic acids is 1. The van der Waals surface area contributed by atoms with Gasteiger partial charge in [0, 0.05) is 11.7 Å². The van der Waals surface area contributed by atoms with E-state index >= 15 is 0 Å². The average Bonchev–Trinajstić information content (AvgIpc) is 2.98. The molecule has 2 N–H and O–H groups in total. The van der Waals surface area contributed by atoms with E-state index < -0.39 is 11.9 Å². The van der Waals surface area contributed by atoms with E-state index in [-0.39, 0.29) is 17.9 Å². The first-order chi connectivity index (χ1) is 9.97. The molecule has 0 radical (unpaired) electrons. The van der Waals surface area contributed by atoms with Gasteiger partial charge in [-0.3, -0.25) is 14.6 Å². The highest BCUT2D eigenvalue weighted by atomic mass is 16.4. The van der Waals surface area contributed by atoms with Crippen molar-refractivity contribution in [2.24, 2.45) is 17.8 Å². The summed E-state index contributed by atoms with van der Waals surface area (Å²) in [6.45, 7) is 3.68. The first-order valence-corrected chi connectivity index (χ1v) is 7.45. The molecule has 0 aromatic carbocycles. The van der Waals surface area contributed by atoms with E-state index in [0.29, 0.717) is 17.2 Å². The molecule has 0 aliphatic heterocycles. The van der Waals surface area contributed by atoms with Gasteiger partial charge in [0.1, 0.15) is 0 Å². The number of aliphatic carboxylic acids is 1. The number of carboxylic acids is 1. The van der Waals surface area contributed by atoms with Gasteiger partial charge in [-0.1, -0.05) is 0 Å². The zero-order valence-electron chi connectivity index (χ0n) is 12.3. The second-order valence-electron chi connectivity index (χ2n) is 6.28. The van der Waals surface area contributed by atoms with Gasteiger partial charge in [-0.05, 0) is 57.1 Å². The van der Waals surface area contributed by atoms with E-state index in [1.165, 1.54) is 0 Å². The number of pyridine rings is 1. The zero-order valence-corrected chi connectivity index (χ0v) is 12.3. The van der Waals surface area contributed by atoms with Crippen LogP contribution in [0.4, 0.5) is 0 Å². The van der Waals surface area contributed by atoms with Gasteiger partial charge in [0.15, 0.2) is 0 Å². The maximum atomic E-state index is 12.4. The van der Waals surface area contributed by atoms with Gasteiger partial charge in [0.2, 0.25) is 0 Å². The summed E-state index contributed by atoms with van der Waals surface area (Å²) in [7, 11) is 0. The normalized spacial score (nSPS) is 30.4. The number of carbonyl (C=O) groups is 2. The summed E-state index contributed by atoms with van der Waals surface area (Å²) in [5.74, 6) is -0.907. The van der Waals surface area contributed by atoms with Crippen LogP contribution < -0.4 is 5.32 Å². The molecule has 112 valence electrons. The quantitative estimate of drug-likeness (QED) is 0.890. The minimum atomic E-state index is -0.786. The second-order valence-corrected chi connectivity index (χ2v) is 6.28. The fourth-order valence-electron chi connectivity index (χ4n) is 4.01. The summed E-state index contributed by atoms with van der Waals surface area (Å²) in [4.78, 5) is 28.2. The van der Waals surface area contributed by atoms with Crippen molar-refractivity contribution in [1.82, 2.24) is 10.3 Å². The van der Waals surface area contributed by atoms with Crippen LogP contribution >= 0.6 is 0 Å². The molecular weight excluding hydrogens is 268 g/mol. The van der Waals surface area contributed by atoms with Crippen molar-refractivity contribution in [1.29, 1.82) is 0 Å². The number of hydrogen-bond acceptors (Lipinski definition) is 3. The molecule has 1 aromatic rings. The molecule has 2 saturated carbocycles. The molecule has 1 amide bonds. The van der Waals surface area contributed by atoms with Crippen molar-refractivity contribution in [3.05, 3.63) is 29.1 Å². The lowest BCUT2D eigenvalue weighted by atomic mass is 9.84. The minimum absolute atomic E-state index is 0.205. The summed E-state index contributed by atoms with van der Waals surface area (Å²) in [5.41, 5.74) is 2.09. The van der Waals surface area contributed by atoms with Crippen molar-refractivity contribution < 1.29 is 14.7 Å². The Labute approximate surface area is 123 Å². The van der Waals surface area contributed by atoms with Crippen molar-refractivity contribution >= 4 is 11.9 Å². The first kappa shape index (κ1) is 14.0. The van der Waals surface area contributed by atoms with Gasteiger partial charge >= 0.3 is 5.97 Å². The second kappa shape index (κ2) is 5.13. The zero-order chi connectivity index (χ0) is 15.1. The highest BCUT2D eigenvalue weighted by Crippen LogP contribution is 2.48. The number of carboxylic acid groups (broad SMARTS) is 1. The van der Waals surface area contributed by atoms with Crippen LogP contribution in [0.5, 0.6) is 0 Å². The van der Waals surface area contributed by atoms with Crippen LogP contribution in [0, 0.1) is 31.6 Å². The number of aryl methyl sites for hydroxylation is 2.